The number of anilines is 1. The fourth-order valence-electron chi connectivity index (χ4n) is 3.36. The Balaban J connectivity index is 2.18. The maximum absolute atomic E-state index is 14.3. The Hall–Kier alpha value is -1.55. The summed E-state index contributed by atoms with van der Waals surface area (Å²) in [6, 6.07) is 4.85. The van der Waals surface area contributed by atoms with Gasteiger partial charge < -0.3 is 10.3 Å². The molecule has 1 aromatic heterocycles. The van der Waals surface area contributed by atoms with E-state index >= 15 is 0 Å². The molecule has 1 aromatic carbocycles. The first kappa shape index (κ1) is 14.4. The molecule has 2 aromatic rings. The van der Waals surface area contributed by atoms with Crippen LogP contribution in [-0.4, -0.2) is 5.16 Å². The van der Waals surface area contributed by atoms with Gasteiger partial charge in [0.1, 0.15) is 5.82 Å². The third kappa shape index (κ3) is 1.81. The van der Waals surface area contributed by atoms with Gasteiger partial charge >= 0.3 is 0 Å². The monoisotopic (exact) mass is 308 g/mol. The Morgan fingerprint density at radius 3 is 2.43 bits per heavy atom. The van der Waals surface area contributed by atoms with E-state index in [4.69, 9.17) is 21.9 Å². The second-order valence-corrected chi connectivity index (χ2v) is 7.19. The van der Waals surface area contributed by atoms with Crippen molar-refractivity contribution in [1.82, 2.24) is 5.16 Å². The molecule has 1 fully saturated rings. The van der Waals surface area contributed by atoms with Crippen molar-refractivity contribution in [2.75, 3.05) is 5.73 Å². The van der Waals surface area contributed by atoms with E-state index in [0.29, 0.717) is 16.8 Å². The molecule has 0 bridgehead atoms. The highest BCUT2D eigenvalue weighted by molar-refractivity contribution is 6.31. The number of nitrogen functional groups attached to an aromatic ring is 1. The normalized spacial score (nSPS) is 19.7. The number of aromatic nitrogens is 1. The summed E-state index contributed by atoms with van der Waals surface area (Å²) in [7, 11) is 0. The Bertz CT molecular complexity index is 707. The average Bonchev–Trinajstić information content (AvgIpc) is 2.68. The number of benzene rings is 1. The van der Waals surface area contributed by atoms with Crippen LogP contribution in [0.3, 0.4) is 0 Å². The summed E-state index contributed by atoms with van der Waals surface area (Å²) >= 11 is 5.88. The highest BCUT2D eigenvalue weighted by atomic mass is 35.5. The minimum Gasteiger partial charge on any atom is -0.367 e. The summed E-state index contributed by atoms with van der Waals surface area (Å²) in [6.45, 7) is 8.67. The Labute approximate surface area is 128 Å². The molecule has 1 saturated carbocycles. The molecular weight excluding hydrogens is 291 g/mol. The van der Waals surface area contributed by atoms with E-state index < -0.39 is 5.82 Å². The first-order valence-electron chi connectivity index (χ1n) is 6.89. The molecule has 21 heavy (non-hydrogen) atoms. The molecule has 112 valence electrons. The maximum atomic E-state index is 14.3. The summed E-state index contributed by atoms with van der Waals surface area (Å²) in [5, 5.41) is 4.17. The number of hydrogen-bond donors (Lipinski definition) is 1. The van der Waals surface area contributed by atoms with E-state index in [9.17, 15) is 4.39 Å². The van der Waals surface area contributed by atoms with Gasteiger partial charge in [0.2, 0.25) is 5.88 Å². The van der Waals surface area contributed by atoms with Gasteiger partial charge in [0.05, 0.1) is 16.3 Å². The van der Waals surface area contributed by atoms with Gasteiger partial charge in [-0.05, 0) is 16.9 Å². The van der Waals surface area contributed by atoms with E-state index in [2.05, 4.69) is 32.9 Å². The van der Waals surface area contributed by atoms with Gasteiger partial charge in [-0.15, -0.1) is 0 Å². The average molecular weight is 309 g/mol. The smallest absolute Gasteiger partial charge is 0.230 e. The minimum absolute atomic E-state index is 0.0557. The van der Waals surface area contributed by atoms with Crippen molar-refractivity contribution < 1.29 is 8.91 Å². The molecule has 0 aliphatic heterocycles. The van der Waals surface area contributed by atoms with Gasteiger partial charge in [-0.2, -0.15) is 0 Å². The molecule has 0 atom stereocenters. The zero-order chi connectivity index (χ0) is 15.6. The minimum atomic E-state index is -0.494. The van der Waals surface area contributed by atoms with E-state index in [-0.39, 0.29) is 27.7 Å². The highest BCUT2D eigenvalue weighted by Gasteiger charge is 2.67. The predicted octanol–water partition coefficient (Wildman–Crippen LogP) is 4.87. The van der Waals surface area contributed by atoms with Crippen molar-refractivity contribution in [3.63, 3.8) is 0 Å². The first-order chi connectivity index (χ1) is 9.69. The second-order valence-electron chi connectivity index (χ2n) is 6.78. The highest BCUT2D eigenvalue weighted by Crippen LogP contribution is 2.74. The van der Waals surface area contributed by atoms with Crippen molar-refractivity contribution in [3.05, 3.63) is 34.7 Å². The zero-order valence-electron chi connectivity index (χ0n) is 12.5. The Morgan fingerprint density at radius 2 is 1.86 bits per heavy atom. The van der Waals surface area contributed by atoms with Crippen LogP contribution in [0.15, 0.2) is 22.7 Å². The number of halogens is 2. The SMILES string of the molecule is CC1(C)C(c2noc(N)c2-c2cccc(Cl)c2F)C1(C)C. The maximum Gasteiger partial charge on any atom is 0.230 e. The number of nitrogens with zero attached hydrogens (tertiary/aromatic N) is 1. The number of hydrogen-bond acceptors (Lipinski definition) is 3. The molecule has 0 unspecified atom stereocenters. The predicted molar refractivity (Wildman–Crippen MR) is 81.6 cm³/mol. The van der Waals surface area contributed by atoms with E-state index in [1.165, 1.54) is 6.07 Å². The van der Waals surface area contributed by atoms with Crippen LogP contribution < -0.4 is 5.73 Å². The van der Waals surface area contributed by atoms with E-state index in [0.717, 1.165) is 0 Å². The molecule has 3 rings (SSSR count). The number of rotatable bonds is 2. The standard InChI is InChI=1S/C16H18ClFN2O/c1-15(2)13(16(15,3)4)12-10(14(19)21-20-12)8-6-5-7-9(17)11(8)18/h5-7,13H,19H2,1-4H3. The molecule has 0 amide bonds. The van der Waals surface area contributed by atoms with Crippen LogP contribution in [0.2, 0.25) is 5.02 Å². The Kier molecular flexibility index (Phi) is 2.90. The van der Waals surface area contributed by atoms with Crippen LogP contribution in [-0.2, 0) is 0 Å². The molecule has 3 nitrogen and oxygen atoms in total. The van der Waals surface area contributed by atoms with Gasteiger partial charge in [-0.3, -0.25) is 0 Å². The quantitative estimate of drug-likeness (QED) is 0.861. The topological polar surface area (TPSA) is 52.0 Å². The van der Waals surface area contributed by atoms with Crippen LogP contribution in [0.5, 0.6) is 0 Å². The third-order valence-electron chi connectivity index (χ3n) is 5.26. The van der Waals surface area contributed by atoms with Crippen molar-refractivity contribution in [2.45, 2.75) is 33.6 Å². The largest absolute Gasteiger partial charge is 0.367 e. The number of nitrogens with two attached hydrogens (primary N) is 1. The van der Waals surface area contributed by atoms with E-state index in [1.807, 2.05) is 0 Å². The molecule has 2 N–H and O–H groups in total. The van der Waals surface area contributed by atoms with Crippen molar-refractivity contribution in [1.29, 1.82) is 0 Å². The molecule has 1 heterocycles. The Morgan fingerprint density at radius 1 is 1.24 bits per heavy atom. The molecule has 1 aliphatic carbocycles. The van der Waals surface area contributed by atoms with Gasteiger partial charge in [0, 0.05) is 11.5 Å². The molecule has 5 heteroatoms. The van der Waals surface area contributed by atoms with Crippen molar-refractivity contribution >= 4 is 17.5 Å². The summed E-state index contributed by atoms with van der Waals surface area (Å²) in [5.74, 6) is -0.198. The lowest BCUT2D eigenvalue weighted by atomic mass is 9.99. The van der Waals surface area contributed by atoms with Crippen LogP contribution in [0.4, 0.5) is 10.3 Å². The van der Waals surface area contributed by atoms with Crippen molar-refractivity contribution in [2.24, 2.45) is 10.8 Å². The summed E-state index contributed by atoms with van der Waals surface area (Å²) < 4.78 is 19.5. The lowest BCUT2D eigenvalue weighted by molar-refractivity contribution is 0.423. The molecule has 0 radical (unpaired) electrons. The summed E-state index contributed by atoms with van der Waals surface area (Å²) in [5.41, 5.74) is 7.59. The lowest BCUT2D eigenvalue weighted by Gasteiger charge is -2.06. The van der Waals surface area contributed by atoms with Crippen LogP contribution in [0.25, 0.3) is 11.1 Å². The fourth-order valence-corrected chi connectivity index (χ4v) is 3.53. The van der Waals surface area contributed by atoms with Gasteiger partial charge in [-0.25, -0.2) is 4.39 Å². The summed E-state index contributed by atoms with van der Waals surface area (Å²) in [6.07, 6.45) is 0. The first-order valence-corrected chi connectivity index (χ1v) is 7.26. The second kappa shape index (κ2) is 4.23. The van der Waals surface area contributed by atoms with Gasteiger partial charge in [-0.1, -0.05) is 56.6 Å². The molecule has 1 aliphatic rings. The third-order valence-corrected chi connectivity index (χ3v) is 5.55. The lowest BCUT2D eigenvalue weighted by Crippen LogP contribution is -1.96. The summed E-state index contributed by atoms with van der Waals surface area (Å²) in [4.78, 5) is 0. The molecule has 0 saturated heterocycles. The van der Waals surface area contributed by atoms with Crippen LogP contribution in [0, 0.1) is 16.6 Å². The molecular formula is C16H18ClFN2O. The van der Waals surface area contributed by atoms with E-state index in [1.54, 1.807) is 12.1 Å². The zero-order valence-corrected chi connectivity index (χ0v) is 13.3. The fraction of sp³-hybridized carbons (Fsp3) is 0.438. The van der Waals surface area contributed by atoms with Crippen molar-refractivity contribution in [3.8, 4) is 11.1 Å². The van der Waals surface area contributed by atoms with Crippen LogP contribution in [0.1, 0.15) is 39.3 Å². The molecule has 0 spiro atoms. The van der Waals surface area contributed by atoms with Crippen LogP contribution >= 0.6 is 11.6 Å². The van der Waals surface area contributed by atoms with Gasteiger partial charge in [0.25, 0.3) is 0 Å². The van der Waals surface area contributed by atoms with Gasteiger partial charge in [0.15, 0.2) is 0 Å².